The maximum Gasteiger partial charge on any atom is 0.251 e. The van der Waals surface area contributed by atoms with Crippen molar-refractivity contribution in [1.29, 1.82) is 0 Å². The quantitative estimate of drug-likeness (QED) is 0.626. The molecule has 0 aliphatic heterocycles. The first-order chi connectivity index (χ1) is 14.5. The molecule has 3 rings (SSSR count). The largest absolute Gasteiger partial charge is 0.490 e. The molecule has 1 aliphatic carbocycles. The number of benzene rings is 2. The third-order valence-electron chi connectivity index (χ3n) is 5.15. The molecular weight excluding hydrogens is 387 g/mol. The highest BCUT2D eigenvalue weighted by atomic mass is 19.1. The molecule has 0 radical (unpaired) electrons. The van der Waals surface area contributed by atoms with Crippen LogP contribution in [0.2, 0.25) is 0 Å². The van der Waals surface area contributed by atoms with Gasteiger partial charge in [0.25, 0.3) is 5.91 Å². The number of rotatable bonds is 10. The highest BCUT2D eigenvalue weighted by Gasteiger charge is 2.44. The Balaban J connectivity index is 1.51. The van der Waals surface area contributed by atoms with Gasteiger partial charge in [-0.15, -0.1) is 0 Å². The van der Waals surface area contributed by atoms with Crippen LogP contribution >= 0.6 is 0 Å². The van der Waals surface area contributed by atoms with Gasteiger partial charge >= 0.3 is 0 Å². The van der Waals surface area contributed by atoms with Gasteiger partial charge in [0, 0.05) is 17.5 Å². The van der Waals surface area contributed by atoms with Crippen molar-refractivity contribution in [2.45, 2.75) is 32.1 Å². The molecule has 1 fully saturated rings. The van der Waals surface area contributed by atoms with Crippen molar-refractivity contribution < 1.29 is 23.5 Å². The smallest absolute Gasteiger partial charge is 0.251 e. The Kier molecular flexibility index (Phi) is 6.92. The molecule has 30 heavy (non-hydrogen) atoms. The zero-order chi connectivity index (χ0) is 21.6. The van der Waals surface area contributed by atoms with Crippen molar-refractivity contribution in [3.05, 3.63) is 59.4 Å². The molecule has 0 aromatic heterocycles. The van der Waals surface area contributed by atoms with Crippen LogP contribution in [0, 0.1) is 5.82 Å². The fourth-order valence-electron chi connectivity index (χ4n) is 3.31. The summed E-state index contributed by atoms with van der Waals surface area (Å²) in [5.41, 5.74) is 1.28. The third kappa shape index (κ3) is 5.28. The third-order valence-corrected chi connectivity index (χ3v) is 5.15. The summed E-state index contributed by atoms with van der Waals surface area (Å²) in [6.07, 6.45) is 1.88. The number of halogens is 1. The number of hydrogen-bond donors (Lipinski definition) is 2. The van der Waals surface area contributed by atoms with Crippen LogP contribution in [-0.4, -0.2) is 38.1 Å². The maximum absolute atomic E-state index is 13.1. The van der Waals surface area contributed by atoms with Gasteiger partial charge < -0.3 is 20.1 Å². The lowest BCUT2D eigenvalue weighted by molar-refractivity contribution is -0.120. The standard InChI is InChI=1S/C23H27FN2O4/c1-3-29-19-10-5-16(13-20(19)30-4-2)22(28)25-14-21(27)26-15-23(11-12-23)17-6-8-18(24)9-7-17/h5-10,13H,3-4,11-12,14-15H2,1-2H3,(H,25,28)(H,26,27). The van der Waals surface area contributed by atoms with Crippen LogP contribution in [0.3, 0.4) is 0 Å². The predicted octanol–water partition coefficient (Wildman–Crippen LogP) is 3.20. The zero-order valence-electron chi connectivity index (χ0n) is 17.3. The van der Waals surface area contributed by atoms with Crippen molar-refractivity contribution in [1.82, 2.24) is 10.6 Å². The van der Waals surface area contributed by atoms with E-state index in [1.165, 1.54) is 12.1 Å². The van der Waals surface area contributed by atoms with E-state index in [0.29, 0.717) is 36.8 Å². The van der Waals surface area contributed by atoms with Crippen LogP contribution in [0.15, 0.2) is 42.5 Å². The average Bonchev–Trinajstić information content (AvgIpc) is 3.53. The molecule has 0 heterocycles. The summed E-state index contributed by atoms with van der Waals surface area (Å²) in [5.74, 6) is 0.153. The molecule has 0 spiro atoms. The van der Waals surface area contributed by atoms with Crippen molar-refractivity contribution in [3.63, 3.8) is 0 Å². The van der Waals surface area contributed by atoms with Crippen molar-refractivity contribution in [2.24, 2.45) is 0 Å². The maximum atomic E-state index is 13.1. The lowest BCUT2D eigenvalue weighted by Crippen LogP contribution is -2.40. The van der Waals surface area contributed by atoms with Crippen LogP contribution in [0.1, 0.15) is 42.6 Å². The number of ether oxygens (including phenoxy) is 2. The Hall–Kier alpha value is -3.09. The zero-order valence-corrected chi connectivity index (χ0v) is 17.3. The average molecular weight is 414 g/mol. The number of carbonyl (C=O) groups is 2. The van der Waals surface area contributed by atoms with Gasteiger partial charge in [0.1, 0.15) is 5.82 Å². The SMILES string of the molecule is CCOc1ccc(C(=O)NCC(=O)NCC2(c3ccc(F)cc3)CC2)cc1OCC. The monoisotopic (exact) mass is 414 g/mol. The van der Waals surface area contributed by atoms with E-state index < -0.39 is 0 Å². The van der Waals surface area contributed by atoms with E-state index in [9.17, 15) is 14.0 Å². The number of nitrogens with one attached hydrogen (secondary N) is 2. The van der Waals surface area contributed by atoms with E-state index in [1.807, 2.05) is 13.8 Å². The summed E-state index contributed by atoms with van der Waals surface area (Å²) in [4.78, 5) is 24.6. The van der Waals surface area contributed by atoms with E-state index in [2.05, 4.69) is 10.6 Å². The van der Waals surface area contributed by atoms with Gasteiger partial charge in [-0.2, -0.15) is 0 Å². The molecule has 6 nitrogen and oxygen atoms in total. The predicted molar refractivity (Wildman–Crippen MR) is 111 cm³/mol. The first kappa shape index (κ1) is 21.6. The molecule has 0 unspecified atom stereocenters. The fraction of sp³-hybridized carbons (Fsp3) is 0.391. The Morgan fingerprint density at radius 1 is 0.967 bits per heavy atom. The van der Waals surface area contributed by atoms with E-state index >= 15 is 0 Å². The Bertz CT molecular complexity index is 895. The summed E-state index contributed by atoms with van der Waals surface area (Å²) in [6.45, 7) is 5.00. The number of carbonyl (C=O) groups excluding carboxylic acids is 2. The van der Waals surface area contributed by atoms with Gasteiger partial charge in [-0.05, 0) is 62.6 Å². The minimum absolute atomic E-state index is 0.129. The summed E-state index contributed by atoms with van der Waals surface area (Å²) < 4.78 is 24.2. The highest BCUT2D eigenvalue weighted by Crippen LogP contribution is 2.47. The summed E-state index contributed by atoms with van der Waals surface area (Å²) in [7, 11) is 0. The minimum Gasteiger partial charge on any atom is -0.490 e. The Morgan fingerprint density at radius 3 is 2.27 bits per heavy atom. The van der Waals surface area contributed by atoms with E-state index in [-0.39, 0.29) is 29.6 Å². The number of hydrogen-bond acceptors (Lipinski definition) is 4. The molecule has 2 amide bonds. The first-order valence-electron chi connectivity index (χ1n) is 10.2. The van der Waals surface area contributed by atoms with E-state index in [1.54, 1.807) is 30.3 Å². The molecule has 2 aromatic carbocycles. The topological polar surface area (TPSA) is 76.7 Å². The Morgan fingerprint density at radius 2 is 1.63 bits per heavy atom. The molecule has 2 aromatic rings. The van der Waals surface area contributed by atoms with Crippen LogP contribution in [0.4, 0.5) is 4.39 Å². The summed E-state index contributed by atoms with van der Waals surface area (Å²) in [5, 5.41) is 5.50. The number of amides is 2. The highest BCUT2D eigenvalue weighted by molar-refractivity contribution is 5.97. The fourth-order valence-corrected chi connectivity index (χ4v) is 3.31. The van der Waals surface area contributed by atoms with Crippen molar-refractivity contribution in [2.75, 3.05) is 26.3 Å². The van der Waals surface area contributed by atoms with Gasteiger partial charge in [-0.3, -0.25) is 9.59 Å². The van der Waals surface area contributed by atoms with Crippen LogP contribution in [-0.2, 0) is 10.2 Å². The van der Waals surface area contributed by atoms with Crippen molar-refractivity contribution in [3.8, 4) is 11.5 Å². The van der Waals surface area contributed by atoms with Gasteiger partial charge in [0.05, 0.1) is 19.8 Å². The van der Waals surface area contributed by atoms with Crippen LogP contribution in [0.25, 0.3) is 0 Å². The van der Waals surface area contributed by atoms with Crippen LogP contribution < -0.4 is 20.1 Å². The lowest BCUT2D eigenvalue weighted by atomic mass is 9.96. The Labute approximate surface area is 175 Å². The summed E-state index contributed by atoms with van der Waals surface area (Å²) in [6, 6.07) is 11.3. The van der Waals surface area contributed by atoms with Crippen molar-refractivity contribution >= 4 is 11.8 Å². The second-order valence-corrected chi connectivity index (χ2v) is 7.27. The van der Waals surface area contributed by atoms with E-state index in [0.717, 1.165) is 18.4 Å². The normalized spacial score (nSPS) is 14.0. The molecule has 1 aliphatic rings. The lowest BCUT2D eigenvalue weighted by Gasteiger charge is -2.17. The minimum atomic E-state index is -0.367. The second-order valence-electron chi connectivity index (χ2n) is 7.27. The van der Waals surface area contributed by atoms with Gasteiger partial charge in [-0.25, -0.2) is 4.39 Å². The molecule has 160 valence electrons. The van der Waals surface area contributed by atoms with Crippen LogP contribution in [0.5, 0.6) is 11.5 Å². The van der Waals surface area contributed by atoms with Gasteiger partial charge in [-0.1, -0.05) is 12.1 Å². The first-order valence-corrected chi connectivity index (χ1v) is 10.2. The molecule has 0 saturated heterocycles. The van der Waals surface area contributed by atoms with E-state index in [4.69, 9.17) is 9.47 Å². The molecule has 7 heteroatoms. The van der Waals surface area contributed by atoms with Gasteiger partial charge in [0.15, 0.2) is 11.5 Å². The summed E-state index contributed by atoms with van der Waals surface area (Å²) >= 11 is 0. The molecule has 2 N–H and O–H groups in total. The van der Waals surface area contributed by atoms with Gasteiger partial charge in [0.2, 0.25) is 5.91 Å². The molecular formula is C23H27FN2O4. The molecule has 0 bridgehead atoms. The molecule has 0 atom stereocenters. The molecule has 1 saturated carbocycles. The second kappa shape index (κ2) is 9.61.